The first-order valence-corrected chi connectivity index (χ1v) is 10.6. The van der Waals surface area contributed by atoms with Gasteiger partial charge in [-0.05, 0) is 57.0 Å². The number of benzene rings is 1. The Hall–Kier alpha value is -3.26. The fraction of sp³-hybridized carbons (Fsp3) is 0.391. The molecule has 3 heterocycles. The number of nitrogens with one attached hydrogen (secondary N) is 2. The fourth-order valence-electron chi connectivity index (χ4n) is 4.21. The van der Waals surface area contributed by atoms with E-state index < -0.39 is 17.2 Å². The first-order valence-electron chi connectivity index (χ1n) is 10.6. The predicted molar refractivity (Wildman–Crippen MR) is 120 cm³/mol. The van der Waals surface area contributed by atoms with Crippen LogP contribution in [0.25, 0.3) is 11.0 Å². The number of piperidine rings is 1. The third-order valence-electron chi connectivity index (χ3n) is 5.95. The van der Waals surface area contributed by atoms with Gasteiger partial charge < -0.3 is 5.32 Å². The molecule has 0 aliphatic carbocycles. The number of aromatic amines is 1. The monoisotopic (exact) mass is 421 g/mol. The number of amides is 1. The maximum absolute atomic E-state index is 13.1. The molecule has 1 fully saturated rings. The molecule has 0 radical (unpaired) electrons. The van der Waals surface area contributed by atoms with Crippen LogP contribution < -0.4 is 16.6 Å². The lowest BCUT2D eigenvalue weighted by molar-refractivity contribution is 0.102. The number of rotatable bonds is 4. The van der Waals surface area contributed by atoms with E-state index in [2.05, 4.69) is 33.2 Å². The number of H-pyrrole nitrogens is 1. The standard InChI is InChI=1S/C23H27N5O3/c1-14-11-18(19-20(24-14)27(3)23(31)26-22(19)30)21(29)25-17-9-6-8-16(12-17)13-28-10-5-4-7-15(28)2/h6,8-9,11-12,15H,4-5,7,10,13H2,1-3H3,(H,25,29)(H,26,30,31). The topological polar surface area (TPSA) is 100 Å². The number of hydrogen-bond donors (Lipinski definition) is 2. The zero-order valence-electron chi connectivity index (χ0n) is 18.1. The van der Waals surface area contributed by atoms with Gasteiger partial charge in [-0.2, -0.15) is 0 Å². The van der Waals surface area contributed by atoms with Crippen LogP contribution in [0.15, 0.2) is 39.9 Å². The molecule has 0 bridgehead atoms. The Bertz CT molecular complexity index is 1260. The van der Waals surface area contributed by atoms with Crippen molar-refractivity contribution in [1.29, 1.82) is 0 Å². The van der Waals surface area contributed by atoms with Gasteiger partial charge in [0.2, 0.25) is 0 Å². The van der Waals surface area contributed by atoms with E-state index in [1.807, 2.05) is 18.2 Å². The van der Waals surface area contributed by atoms with Crippen molar-refractivity contribution in [3.63, 3.8) is 0 Å². The molecule has 0 spiro atoms. The van der Waals surface area contributed by atoms with Gasteiger partial charge >= 0.3 is 5.69 Å². The highest BCUT2D eigenvalue weighted by molar-refractivity contribution is 6.11. The number of aromatic nitrogens is 3. The molecule has 8 nitrogen and oxygen atoms in total. The van der Waals surface area contributed by atoms with E-state index in [1.54, 1.807) is 13.0 Å². The second kappa shape index (κ2) is 8.47. The molecule has 0 saturated carbocycles. The van der Waals surface area contributed by atoms with E-state index in [0.717, 1.165) is 18.7 Å². The Balaban J connectivity index is 1.63. The largest absolute Gasteiger partial charge is 0.329 e. The van der Waals surface area contributed by atoms with Gasteiger partial charge in [0.1, 0.15) is 5.65 Å². The summed E-state index contributed by atoms with van der Waals surface area (Å²) in [5.41, 5.74) is 1.52. The quantitative estimate of drug-likeness (QED) is 0.674. The van der Waals surface area contributed by atoms with E-state index >= 15 is 0 Å². The minimum Gasteiger partial charge on any atom is -0.322 e. The molecule has 1 saturated heterocycles. The molecule has 2 aromatic heterocycles. The summed E-state index contributed by atoms with van der Waals surface area (Å²) < 4.78 is 1.24. The van der Waals surface area contributed by atoms with Crippen molar-refractivity contribution in [3.8, 4) is 0 Å². The number of nitrogens with zero attached hydrogens (tertiary/aromatic N) is 3. The van der Waals surface area contributed by atoms with Crippen molar-refractivity contribution >= 4 is 22.6 Å². The average molecular weight is 422 g/mol. The minimum atomic E-state index is -0.622. The Morgan fingerprint density at radius 1 is 1.26 bits per heavy atom. The first kappa shape index (κ1) is 21.0. The van der Waals surface area contributed by atoms with Crippen LogP contribution in [0.3, 0.4) is 0 Å². The van der Waals surface area contributed by atoms with E-state index in [-0.39, 0.29) is 16.6 Å². The number of likely N-dealkylation sites (tertiary alicyclic amines) is 1. The van der Waals surface area contributed by atoms with E-state index in [4.69, 9.17) is 0 Å². The van der Waals surface area contributed by atoms with Crippen LogP contribution in [0.2, 0.25) is 0 Å². The van der Waals surface area contributed by atoms with Gasteiger partial charge in [0.15, 0.2) is 0 Å². The average Bonchev–Trinajstić information content (AvgIpc) is 2.73. The van der Waals surface area contributed by atoms with E-state index in [1.165, 1.54) is 30.9 Å². The van der Waals surface area contributed by atoms with Crippen molar-refractivity contribution in [1.82, 2.24) is 19.4 Å². The van der Waals surface area contributed by atoms with Crippen molar-refractivity contribution in [3.05, 3.63) is 68.0 Å². The van der Waals surface area contributed by atoms with Gasteiger partial charge in [-0.3, -0.25) is 24.0 Å². The van der Waals surface area contributed by atoms with Gasteiger partial charge in [0, 0.05) is 31.0 Å². The number of fused-ring (bicyclic) bond motifs is 1. The molecule has 1 unspecified atom stereocenters. The lowest BCUT2D eigenvalue weighted by Gasteiger charge is -2.33. The molecule has 31 heavy (non-hydrogen) atoms. The highest BCUT2D eigenvalue weighted by Crippen LogP contribution is 2.21. The summed E-state index contributed by atoms with van der Waals surface area (Å²) in [5, 5.41) is 3.00. The SMILES string of the molecule is Cc1cc(C(=O)Nc2cccc(CN3CCCCC3C)c2)c2c(=O)[nH]c(=O)n(C)c2n1. The Labute approximate surface area is 179 Å². The molecule has 1 amide bonds. The maximum atomic E-state index is 13.1. The zero-order chi connectivity index (χ0) is 22.1. The van der Waals surface area contributed by atoms with Crippen LogP contribution in [-0.2, 0) is 13.6 Å². The van der Waals surface area contributed by atoms with Gasteiger partial charge in [-0.1, -0.05) is 18.6 Å². The Kier molecular flexibility index (Phi) is 5.73. The molecule has 3 aromatic rings. The second-order valence-electron chi connectivity index (χ2n) is 8.30. The van der Waals surface area contributed by atoms with Crippen LogP contribution in [0.5, 0.6) is 0 Å². The van der Waals surface area contributed by atoms with Gasteiger partial charge in [-0.15, -0.1) is 0 Å². The molecule has 4 rings (SSSR count). The molecule has 162 valence electrons. The van der Waals surface area contributed by atoms with Gasteiger partial charge in [-0.25, -0.2) is 9.78 Å². The van der Waals surface area contributed by atoms with Crippen LogP contribution in [0.1, 0.15) is 47.8 Å². The van der Waals surface area contributed by atoms with E-state index in [9.17, 15) is 14.4 Å². The first-order chi connectivity index (χ1) is 14.8. The molecule has 1 aliphatic rings. The molecule has 1 aromatic carbocycles. The summed E-state index contributed by atoms with van der Waals surface area (Å²) in [5.74, 6) is -0.414. The normalized spacial score (nSPS) is 17.1. The third kappa shape index (κ3) is 4.29. The summed E-state index contributed by atoms with van der Waals surface area (Å²) in [7, 11) is 1.51. The van der Waals surface area contributed by atoms with Crippen molar-refractivity contribution in [2.75, 3.05) is 11.9 Å². The number of anilines is 1. The molecule has 8 heteroatoms. The molecular formula is C23H27N5O3. The van der Waals surface area contributed by atoms with Crippen LogP contribution in [-0.4, -0.2) is 37.9 Å². The van der Waals surface area contributed by atoms with Gasteiger partial charge in [0.05, 0.1) is 10.9 Å². The van der Waals surface area contributed by atoms with E-state index in [0.29, 0.717) is 17.4 Å². The maximum Gasteiger partial charge on any atom is 0.329 e. The summed E-state index contributed by atoms with van der Waals surface area (Å²) in [6.45, 7) is 5.90. The molecular weight excluding hydrogens is 394 g/mol. The summed E-state index contributed by atoms with van der Waals surface area (Å²) in [6.07, 6.45) is 3.70. The van der Waals surface area contributed by atoms with Crippen LogP contribution >= 0.6 is 0 Å². The predicted octanol–water partition coefficient (Wildman–Crippen LogP) is 2.56. The molecule has 2 N–H and O–H groups in total. The van der Waals surface area contributed by atoms with Crippen molar-refractivity contribution < 1.29 is 4.79 Å². The number of carbonyl (C=O) groups excluding carboxylic acids is 1. The molecule has 1 aliphatic heterocycles. The van der Waals surface area contributed by atoms with Crippen LogP contribution in [0.4, 0.5) is 5.69 Å². The smallest absolute Gasteiger partial charge is 0.322 e. The molecule has 1 atom stereocenters. The highest BCUT2D eigenvalue weighted by atomic mass is 16.2. The van der Waals surface area contributed by atoms with Gasteiger partial charge in [0.25, 0.3) is 11.5 Å². The van der Waals surface area contributed by atoms with Crippen molar-refractivity contribution in [2.24, 2.45) is 7.05 Å². The Morgan fingerprint density at radius 2 is 2.06 bits per heavy atom. The third-order valence-corrected chi connectivity index (χ3v) is 5.95. The summed E-state index contributed by atoms with van der Waals surface area (Å²) >= 11 is 0. The lowest BCUT2D eigenvalue weighted by atomic mass is 10.0. The van der Waals surface area contributed by atoms with Crippen LogP contribution in [0, 0.1) is 6.92 Å². The summed E-state index contributed by atoms with van der Waals surface area (Å²) in [6, 6.07) is 9.90. The number of pyridine rings is 1. The fourth-order valence-corrected chi connectivity index (χ4v) is 4.21. The second-order valence-corrected chi connectivity index (χ2v) is 8.30. The minimum absolute atomic E-state index is 0.100. The lowest BCUT2D eigenvalue weighted by Crippen LogP contribution is -2.36. The number of hydrogen-bond acceptors (Lipinski definition) is 5. The number of aryl methyl sites for hydroxylation is 2. The number of carbonyl (C=O) groups is 1. The highest BCUT2D eigenvalue weighted by Gasteiger charge is 2.20. The Morgan fingerprint density at radius 3 is 2.84 bits per heavy atom. The van der Waals surface area contributed by atoms with Crippen molar-refractivity contribution in [2.45, 2.75) is 45.7 Å². The zero-order valence-corrected chi connectivity index (χ0v) is 18.1. The summed E-state index contributed by atoms with van der Waals surface area (Å²) in [4.78, 5) is 46.5.